The molecule has 0 radical (unpaired) electrons. The molecule has 6 heteroatoms. The molecule has 32 heavy (non-hydrogen) atoms. The molecule has 1 fully saturated rings. The molecule has 0 saturated heterocycles. The van der Waals surface area contributed by atoms with Crippen LogP contribution in [0.5, 0.6) is 0 Å². The molecule has 0 N–H and O–H groups in total. The highest BCUT2D eigenvalue weighted by Gasteiger charge is 2.31. The minimum atomic E-state index is -1.54. The van der Waals surface area contributed by atoms with Gasteiger partial charge in [0.15, 0.2) is 34.9 Å². The molecule has 4 rings (SSSR count). The number of hydrogen-bond donors (Lipinski definition) is 0. The summed E-state index contributed by atoms with van der Waals surface area (Å²) in [4.78, 5) is 0. The molecular formula is C26H18F6. The van der Waals surface area contributed by atoms with Crippen LogP contribution in [0.3, 0.4) is 0 Å². The fourth-order valence-corrected chi connectivity index (χ4v) is 4.24. The fourth-order valence-electron chi connectivity index (χ4n) is 4.24. The van der Waals surface area contributed by atoms with Crippen molar-refractivity contribution in [2.45, 2.75) is 31.6 Å². The van der Waals surface area contributed by atoms with Crippen LogP contribution in [0.25, 0.3) is 10.8 Å². The first-order chi connectivity index (χ1) is 15.3. The van der Waals surface area contributed by atoms with E-state index in [1.165, 1.54) is 24.3 Å². The number of benzene rings is 3. The van der Waals surface area contributed by atoms with E-state index in [4.69, 9.17) is 0 Å². The van der Waals surface area contributed by atoms with Gasteiger partial charge < -0.3 is 0 Å². The Morgan fingerprint density at radius 1 is 0.750 bits per heavy atom. The molecule has 0 atom stereocenters. The number of fused-ring (bicyclic) bond motifs is 1. The minimum absolute atomic E-state index is 0.0144. The lowest BCUT2D eigenvalue weighted by molar-refractivity contribution is 0.346. The average molecular weight is 444 g/mol. The van der Waals surface area contributed by atoms with Crippen LogP contribution >= 0.6 is 0 Å². The van der Waals surface area contributed by atoms with E-state index >= 15 is 0 Å². The third-order valence-corrected chi connectivity index (χ3v) is 6.05. The van der Waals surface area contributed by atoms with Crippen LogP contribution < -0.4 is 0 Å². The molecule has 1 aliphatic rings. The summed E-state index contributed by atoms with van der Waals surface area (Å²) in [6.07, 6.45) is 3.88. The highest BCUT2D eigenvalue weighted by Crippen LogP contribution is 2.40. The van der Waals surface area contributed by atoms with Gasteiger partial charge in [-0.25, -0.2) is 26.3 Å². The summed E-state index contributed by atoms with van der Waals surface area (Å²) in [6.45, 7) is 3.71. The second-order valence-electron chi connectivity index (χ2n) is 7.94. The third-order valence-electron chi connectivity index (χ3n) is 6.05. The predicted molar refractivity (Wildman–Crippen MR) is 111 cm³/mol. The molecule has 0 aromatic heterocycles. The molecule has 0 unspecified atom stereocenters. The van der Waals surface area contributed by atoms with Crippen LogP contribution in [0.1, 0.15) is 48.3 Å². The lowest BCUT2D eigenvalue weighted by Gasteiger charge is -2.27. The number of allylic oxidation sites excluding steroid dienone is 1. The maximum absolute atomic E-state index is 14.7. The van der Waals surface area contributed by atoms with E-state index in [0.29, 0.717) is 31.1 Å². The summed E-state index contributed by atoms with van der Waals surface area (Å²) >= 11 is 0. The van der Waals surface area contributed by atoms with Crippen molar-refractivity contribution in [2.24, 2.45) is 5.92 Å². The summed E-state index contributed by atoms with van der Waals surface area (Å²) in [6, 6.07) is 6.26. The zero-order valence-electron chi connectivity index (χ0n) is 16.9. The lowest BCUT2D eigenvalue weighted by Crippen LogP contribution is -2.17. The van der Waals surface area contributed by atoms with Crippen molar-refractivity contribution < 1.29 is 26.3 Å². The van der Waals surface area contributed by atoms with E-state index in [1.54, 1.807) is 6.08 Å². The van der Waals surface area contributed by atoms with E-state index in [-0.39, 0.29) is 16.9 Å². The smallest absolute Gasteiger partial charge is 0.177 e. The van der Waals surface area contributed by atoms with Gasteiger partial charge in [0.25, 0.3) is 0 Å². The Hall–Kier alpha value is -3.20. The van der Waals surface area contributed by atoms with Crippen molar-refractivity contribution in [3.8, 4) is 11.8 Å². The quantitative estimate of drug-likeness (QED) is 0.166. The van der Waals surface area contributed by atoms with Gasteiger partial charge in [0, 0.05) is 16.5 Å². The maximum atomic E-state index is 14.7. The Labute approximate surface area is 181 Å². The second kappa shape index (κ2) is 8.74. The van der Waals surface area contributed by atoms with Crippen LogP contribution in [-0.2, 0) is 0 Å². The van der Waals surface area contributed by atoms with E-state index in [9.17, 15) is 26.3 Å². The maximum Gasteiger partial charge on any atom is 0.177 e. The van der Waals surface area contributed by atoms with Crippen molar-refractivity contribution in [3.05, 3.63) is 94.6 Å². The molecule has 0 amide bonds. The van der Waals surface area contributed by atoms with Crippen LogP contribution in [0.2, 0.25) is 0 Å². The Balaban J connectivity index is 1.70. The SMILES string of the molecule is C=CC1CCC(c2c(F)c(F)c(C#Cc3ccc4c(F)c(F)ccc4c3)c(F)c2F)CC1. The molecule has 0 bridgehead atoms. The zero-order chi connectivity index (χ0) is 23.0. The standard InChI is InChI=1S/C26H18F6/c1-2-14-3-7-16(8-4-14)21-25(31)23(29)19(24(30)26(21)32)11-6-15-5-10-18-17(13-15)9-12-20(27)22(18)28/h2,5,9-10,12-14,16H,1,3-4,7-8H2. The number of halogens is 6. The van der Waals surface area contributed by atoms with Crippen molar-refractivity contribution in [1.29, 1.82) is 0 Å². The minimum Gasteiger partial charge on any atom is -0.204 e. The van der Waals surface area contributed by atoms with E-state index in [1.807, 2.05) is 0 Å². The van der Waals surface area contributed by atoms with E-state index in [2.05, 4.69) is 18.4 Å². The molecule has 0 spiro atoms. The largest absolute Gasteiger partial charge is 0.204 e. The van der Waals surface area contributed by atoms with Crippen LogP contribution in [-0.4, -0.2) is 0 Å². The Bertz CT molecular complexity index is 1240. The van der Waals surface area contributed by atoms with Gasteiger partial charge in [-0.3, -0.25) is 0 Å². The normalized spacial score (nSPS) is 18.3. The topological polar surface area (TPSA) is 0 Å². The fraction of sp³-hybridized carbons (Fsp3) is 0.231. The predicted octanol–water partition coefficient (Wildman–Crippen LogP) is 7.53. The molecule has 1 aliphatic carbocycles. The zero-order valence-corrected chi connectivity index (χ0v) is 16.9. The summed E-state index contributed by atoms with van der Waals surface area (Å²) in [7, 11) is 0. The summed E-state index contributed by atoms with van der Waals surface area (Å²) in [5.41, 5.74) is -1.36. The van der Waals surface area contributed by atoms with Gasteiger partial charge in [-0.2, -0.15) is 0 Å². The van der Waals surface area contributed by atoms with Gasteiger partial charge in [0.1, 0.15) is 5.56 Å². The molecule has 0 nitrogen and oxygen atoms in total. The average Bonchev–Trinajstić information content (AvgIpc) is 2.81. The first-order valence-electron chi connectivity index (χ1n) is 10.2. The monoisotopic (exact) mass is 444 g/mol. The van der Waals surface area contributed by atoms with Crippen LogP contribution in [0.4, 0.5) is 26.3 Å². The Morgan fingerprint density at radius 2 is 1.41 bits per heavy atom. The van der Waals surface area contributed by atoms with Crippen LogP contribution in [0.15, 0.2) is 43.0 Å². The third kappa shape index (κ3) is 3.88. The first-order valence-corrected chi connectivity index (χ1v) is 10.2. The summed E-state index contributed by atoms with van der Waals surface area (Å²) in [5.74, 6) is -3.75. The van der Waals surface area contributed by atoms with Crippen molar-refractivity contribution >= 4 is 10.8 Å². The highest BCUT2D eigenvalue weighted by molar-refractivity contribution is 5.84. The van der Waals surface area contributed by atoms with E-state index in [0.717, 1.165) is 6.07 Å². The van der Waals surface area contributed by atoms with Gasteiger partial charge in [-0.1, -0.05) is 30.0 Å². The summed E-state index contributed by atoms with van der Waals surface area (Å²) in [5, 5.41) is 0.333. The van der Waals surface area contributed by atoms with Crippen molar-refractivity contribution in [3.63, 3.8) is 0 Å². The van der Waals surface area contributed by atoms with E-state index < -0.39 is 51.9 Å². The molecule has 3 aromatic rings. The lowest BCUT2D eigenvalue weighted by atomic mass is 9.78. The van der Waals surface area contributed by atoms with Gasteiger partial charge in [0.2, 0.25) is 0 Å². The molecule has 0 aliphatic heterocycles. The Kier molecular flexibility index (Phi) is 6.01. The highest BCUT2D eigenvalue weighted by atomic mass is 19.2. The molecular weight excluding hydrogens is 426 g/mol. The number of rotatable bonds is 2. The molecule has 1 saturated carbocycles. The molecule has 164 valence electrons. The van der Waals surface area contributed by atoms with Crippen LogP contribution in [0, 0.1) is 52.7 Å². The van der Waals surface area contributed by atoms with Crippen molar-refractivity contribution in [2.75, 3.05) is 0 Å². The molecule has 3 aromatic carbocycles. The van der Waals surface area contributed by atoms with Gasteiger partial charge in [-0.05, 0) is 61.1 Å². The molecule has 0 heterocycles. The number of hydrogen-bond acceptors (Lipinski definition) is 0. The van der Waals surface area contributed by atoms with Gasteiger partial charge >= 0.3 is 0 Å². The Morgan fingerprint density at radius 3 is 2.03 bits per heavy atom. The summed E-state index contributed by atoms with van der Waals surface area (Å²) < 4.78 is 85.9. The van der Waals surface area contributed by atoms with Gasteiger partial charge in [0.05, 0.1) is 0 Å². The second-order valence-corrected chi connectivity index (χ2v) is 7.94. The van der Waals surface area contributed by atoms with Crippen molar-refractivity contribution in [1.82, 2.24) is 0 Å². The first kappa shape index (κ1) is 22.0. The van der Waals surface area contributed by atoms with Gasteiger partial charge in [-0.15, -0.1) is 6.58 Å².